The second kappa shape index (κ2) is 3.52. The summed E-state index contributed by atoms with van der Waals surface area (Å²) in [6, 6.07) is 0. The van der Waals surface area contributed by atoms with Crippen LogP contribution in [0.25, 0.3) is 0 Å². The molecule has 41 valence electrons. The van der Waals surface area contributed by atoms with Gasteiger partial charge in [0.25, 0.3) is 0 Å². The van der Waals surface area contributed by atoms with Crippen molar-refractivity contribution >= 4 is 15.2 Å². The van der Waals surface area contributed by atoms with Crippen LogP contribution in [0.4, 0.5) is 0 Å². The highest BCUT2D eigenvalue weighted by Crippen LogP contribution is 2.07. The van der Waals surface area contributed by atoms with Gasteiger partial charge in [-0.05, 0) is 0 Å². The molecule has 7 heavy (non-hydrogen) atoms. The second-order valence-electron chi connectivity index (χ2n) is 2.68. The minimum atomic E-state index is 0.713. The molecule has 0 aromatic carbocycles. The minimum Gasteiger partial charge on any atom is -0.0983 e. The Morgan fingerprint density at radius 3 is 1.14 bits per heavy atom. The van der Waals surface area contributed by atoms with Gasteiger partial charge in [0.1, 0.15) is 0 Å². The van der Waals surface area contributed by atoms with Crippen molar-refractivity contribution in [3.05, 3.63) is 0 Å². The van der Waals surface area contributed by atoms with Gasteiger partial charge in [-0.2, -0.15) is 0 Å². The van der Waals surface area contributed by atoms with Gasteiger partial charge in [0.05, 0.1) is 0 Å². The normalized spacial score (nSPS) is 10.6. The van der Waals surface area contributed by atoms with Gasteiger partial charge in [0.2, 0.25) is 15.2 Å². The van der Waals surface area contributed by atoms with E-state index >= 15 is 0 Å². The van der Waals surface area contributed by atoms with E-state index in [1.54, 1.807) is 0 Å². The molecule has 0 amide bonds. The van der Waals surface area contributed by atoms with Crippen LogP contribution in [-0.4, -0.2) is 15.2 Å². The van der Waals surface area contributed by atoms with Crippen LogP contribution in [0.3, 0.4) is 0 Å². The van der Waals surface area contributed by atoms with E-state index in [1.165, 1.54) is 0 Å². The predicted octanol–water partition coefficient (Wildman–Crippen LogP) is 2.35. The molecule has 0 spiro atoms. The fourth-order valence-corrected chi connectivity index (χ4v) is 2.31. The molecule has 0 unspecified atom stereocenters. The third-order valence-electron chi connectivity index (χ3n) is 0.770. The first-order valence-electron chi connectivity index (χ1n) is 2.98. The van der Waals surface area contributed by atoms with E-state index in [1.807, 2.05) is 0 Å². The number of hydrogen-bond donors (Lipinski definition) is 0. The first-order valence-corrected chi connectivity index (χ1v) is 4.31. The Kier molecular flexibility index (Phi) is 3.79. The molecule has 0 bridgehead atoms. The van der Waals surface area contributed by atoms with E-state index in [0.717, 1.165) is 9.56 Å². The highest BCUT2D eigenvalue weighted by atomic mass is 27.1. The maximum Gasteiger partial charge on any atom is 0.208 e. The molecule has 0 aliphatic carbocycles. The van der Waals surface area contributed by atoms with Crippen LogP contribution in [0, 0.1) is 0 Å². The topological polar surface area (TPSA) is 0 Å². The van der Waals surface area contributed by atoms with Crippen LogP contribution in [-0.2, 0) is 0 Å². The van der Waals surface area contributed by atoms with Gasteiger partial charge in [-0.1, -0.05) is 37.3 Å². The van der Waals surface area contributed by atoms with Gasteiger partial charge in [0.15, 0.2) is 0 Å². The van der Waals surface area contributed by atoms with Crippen molar-refractivity contribution in [2.45, 2.75) is 37.3 Å². The third-order valence-corrected chi connectivity index (χ3v) is 2.31. The van der Waals surface area contributed by atoms with Crippen LogP contribution < -0.4 is 0 Å². The van der Waals surface area contributed by atoms with E-state index in [2.05, 4.69) is 27.7 Å². The second-order valence-corrected chi connectivity index (χ2v) is 5.73. The highest BCUT2D eigenvalue weighted by molar-refractivity contribution is 6.38. The molecule has 0 aromatic rings. The average molecular weight is 113 g/mol. The Balaban J connectivity index is 2.95. The standard InChI is InChI=1S/2C3H7.Al/c2*1-3-2;/h2*3H,1-2H3;. The van der Waals surface area contributed by atoms with Gasteiger partial charge in [0, 0.05) is 0 Å². The van der Waals surface area contributed by atoms with Crippen molar-refractivity contribution in [3.8, 4) is 0 Å². The summed E-state index contributed by atoms with van der Waals surface area (Å²) in [6.45, 7) is 9.20. The Hall–Kier alpha value is 0.532. The lowest BCUT2D eigenvalue weighted by atomic mass is 10.5. The Bertz CT molecular complexity index is 33.4. The molecule has 1 heteroatoms. The van der Waals surface area contributed by atoms with Gasteiger partial charge < -0.3 is 0 Å². The van der Waals surface area contributed by atoms with Crippen molar-refractivity contribution < 1.29 is 0 Å². The van der Waals surface area contributed by atoms with Crippen LogP contribution in [0.1, 0.15) is 27.7 Å². The minimum absolute atomic E-state index is 0.713. The smallest absolute Gasteiger partial charge is 0.0983 e. The SMILES string of the molecule is C[CH](C)[Al][CH](C)C. The van der Waals surface area contributed by atoms with E-state index in [9.17, 15) is 0 Å². The van der Waals surface area contributed by atoms with E-state index in [4.69, 9.17) is 0 Å². The highest BCUT2D eigenvalue weighted by Gasteiger charge is 1.99. The molecule has 0 fully saturated rings. The van der Waals surface area contributed by atoms with Crippen molar-refractivity contribution in [3.63, 3.8) is 0 Å². The van der Waals surface area contributed by atoms with Crippen molar-refractivity contribution in [2.24, 2.45) is 0 Å². The van der Waals surface area contributed by atoms with E-state index in [-0.39, 0.29) is 0 Å². The van der Waals surface area contributed by atoms with E-state index in [0.29, 0.717) is 15.2 Å². The van der Waals surface area contributed by atoms with Gasteiger partial charge in [-0.25, -0.2) is 0 Å². The predicted molar refractivity (Wildman–Crippen MR) is 35.9 cm³/mol. The summed E-state index contributed by atoms with van der Waals surface area (Å²) in [5.74, 6) is 0. The van der Waals surface area contributed by atoms with Crippen molar-refractivity contribution in [1.82, 2.24) is 0 Å². The monoisotopic (exact) mass is 113 g/mol. The molecule has 0 saturated carbocycles. The lowest BCUT2D eigenvalue weighted by Crippen LogP contribution is -1.98. The van der Waals surface area contributed by atoms with Gasteiger partial charge >= 0.3 is 0 Å². The Morgan fingerprint density at radius 1 is 0.857 bits per heavy atom. The molecule has 0 N–H and O–H groups in total. The van der Waals surface area contributed by atoms with Crippen LogP contribution in [0.2, 0.25) is 9.56 Å². The molecule has 0 aliphatic heterocycles. The first kappa shape index (κ1) is 7.53. The third kappa shape index (κ3) is 6.53. The largest absolute Gasteiger partial charge is 0.208 e. The molecular weight excluding hydrogens is 99.0 g/mol. The molecule has 0 saturated heterocycles. The zero-order valence-electron chi connectivity index (χ0n) is 5.73. The maximum atomic E-state index is 2.30. The molecule has 0 nitrogen and oxygen atoms in total. The van der Waals surface area contributed by atoms with Crippen LogP contribution in [0.15, 0.2) is 0 Å². The molecule has 0 atom stereocenters. The summed E-state index contributed by atoms with van der Waals surface area (Å²) in [5.41, 5.74) is 0. The summed E-state index contributed by atoms with van der Waals surface area (Å²) in [7, 11) is 0. The molecule has 0 heterocycles. The number of rotatable bonds is 2. The maximum absolute atomic E-state index is 2.30. The molecule has 0 rings (SSSR count). The van der Waals surface area contributed by atoms with Gasteiger partial charge in [-0.3, -0.25) is 0 Å². The quantitative estimate of drug-likeness (QED) is 0.482. The van der Waals surface area contributed by atoms with Gasteiger partial charge in [-0.15, -0.1) is 0 Å². The zero-order valence-corrected chi connectivity index (χ0v) is 6.89. The lowest BCUT2D eigenvalue weighted by Gasteiger charge is -2.02. The fourth-order valence-electron chi connectivity index (χ4n) is 0.770. The van der Waals surface area contributed by atoms with Crippen molar-refractivity contribution in [2.75, 3.05) is 0 Å². The summed E-state index contributed by atoms with van der Waals surface area (Å²) in [5, 5.41) is 0. The zero-order chi connectivity index (χ0) is 5.86. The lowest BCUT2D eigenvalue weighted by molar-refractivity contribution is 0.971. The van der Waals surface area contributed by atoms with E-state index < -0.39 is 0 Å². The summed E-state index contributed by atoms with van der Waals surface area (Å²) in [6.07, 6.45) is 0. The molecular formula is C6H14Al. The molecule has 1 radical (unpaired) electrons. The molecule has 0 aliphatic rings. The average Bonchev–Trinajstić information content (AvgIpc) is 1.27. The Labute approximate surface area is 53.0 Å². The summed E-state index contributed by atoms with van der Waals surface area (Å²) >= 11 is 0.713. The fraction of sp³-hybridized carbons (Fsp3) is 1.00. The van der Waals surface area contributed by atoms with Crippen molar-refractivity contribution in [1.29, 1.82) is 0 Å². The first-order chi connectivity index (χ1) is 3.13. The number of hydrogen-bond acceptors (Lipinski definition) is 0. The Morgan fingerprint density at radius 2 is 1.14 bits per heavy atom. The van der Waals surface area contributed by atoms with Crippen LogP contribution in [0.5, 0.6) is 0 Å². The summed E-state index contributed by atoms with van der Waals surface area (Å²) in [4.78, 5) is 0. The summed E-state index contributed by atoms with van der Waals surface area (Å²) < 4.78 is 1.92. The van der Waals surface area contributed by atoms with Crippen LogP contribution >= 0.6 is 0 Å². The molecule has 0 aromatic heterocycles.